The second-order valence-corrected chi connectivity index (χ2v) is 15.2. The van der Waals surface area contributed by atoms with Crippen LogP contribution in [0.1, 0.15) is 22.8 Å². The highest BCUT2D eigenvalue weighted by atomic mass is 35.5. The van der Waals surface area contributed by atoms with Gasteiger partial charge in [0.05, 0.1) is 13.2 Å². The fourth-order valence-electron chi connectivity index (χ4n) is 6.18. The maximum absolute atomic E-state index is 13.3. The summed E-state index contributed by atoms with van der Waals surface area (Å²) in [6.07, 6.45) is -0.0787. The second-order valence-electron chi connectivity index (χ2n) is 12.0. The zero-order valence-electron chi connectivity index (χ0n) is 27.5. The lowest BCUT2D eigenvalue weighted by Gasteiger charge is -2.43. The summed E-state index contributed by atoms with van der Waals surface area (Å²) in [5.74, 6) is -1.72. The molecule has 14 nitrogen and oxygen atoms in total. The topological polar surface area (TPSA) is 220 Å². The van der Waals surface area contributed by atoms with E-state index in [1.165, 1.54) is 30.3 Å². The largest absolute Gasteiger partial charge is 0.479 e. The molecule has 2 unspecified atom stereocenters. The third-order valence-electron chi connectivity index (χ3n) is 8.83. The second kappa shape index (κ2) is 15.5. The van der Waals surface area contributed by atoms with Crippen LogP contribution >= 0.6 is 11.6 Å². The molecule has 0 bridgehead atoms. The fourth-order valence-corrected chi connectivity index (χ4v) is 7.72. The molecule has 1 aliphatic heterocycles. The molecule has 2 atom stereocenters. The Morgan fingerprint density at radius 2 is 1.40 bits per heavy atom. The van der Waals surface area contributed by atoms with Crippen LogP contribution in [0.25, 0.3) is 21.7 Å². The van der Waals surface area contributed by atoms with E-state index in [0.717, 1.165) is 17.5 Å². The van der Waals surface area contributed by atoms with E-state index in [-0.39, 0.29) is 22.8 Å². The number of aromatic nitrogens is 1. The number of benzene rings is 4. The summed E-state index contributed by atoms with van der Waals surface area (Å²) in [5.41, 5.74) is -0.619. The molecule has 1 saturated heterocycles. The first-order valence-corrected chi connectivity index (χ1v) is 19.0. The number of rotatable bonds is 9. The number of pyridine rings is 1. The van der Waals surface area contributed by atoms with Crippen molar-refractivity contribution in [3.8, 4) is 0 Å². The van der Waals surface area contributed by atoms with Gasteiger partial charge in [-0.05, 0) is 55.0 Å². The number of ether oxygens (including phenoxy) is 1. The Hall–Kier alpha value is -4.68. The van der Waals surface area contributed by atoms with Crippen LogP contribution < -0.4 is 10.9 Å². The normalized spacial score (nSPS) is 15.6. The van der Waals surface area contributed by atoms with Crippen molar-refractivity contribution < 1.29 is 45.4 Å². The van der Waals surface area contributed by atoms with Crippen LogP contribution in [0.4, 0.5) is 0 Å². The fraction of sp³-hybridized carbons (Fsp3) is 0.229. The number of aromatic amines is 1. The van der Waals surface area contributed by atoms with Crippen LogP contribution in [0.15, 0.2) is 106 Å². The standard InChI is InChI=1S/C25H26ClN3O5.C10H8O6S2/c1-16(29-10-12-34-13-11-29)25(24(32)33,28-23(31)17-6-8-19(26)9-7-17)15-18-14-22(30)27-21-5-3-2-4-20(18)21;11-17(12,13)9-5-1-3-7-8(9)4-2-6-10(7)18(14,15)16/h2-9,14,16H,10-13,15H2,1H3,(H,27,30)(H,28,31)(H,32,33);1-6H,(H,11,12,13)(H,14,15,16). The van der Waals surface area contributed by atoms with E-state index in [0.29, 0.717) is 48.0 Å². The monoisotopic (exact) mass is 771 g/mol. The highest BCUT2D eigenvalue weighted by molar-refractivity contribution is 7.86. The number of fused-ring (bicyclic) bond motifs is 2. The molecule has 1 amide bonds. The van der Waals surface area contributed by atoms with Gasteiger partial charge in [-0.3, -0.25) is 23.6 Å². The average Bonchev–Trinajstić information content (AvgIpc) is 3.10. The molecule has 0 spiro atoms. The maximum atomic E-state index is 13.3. The van der Waals surface area contributed by atoms with E-state index in [1.54, 1.807) is 43.3 Å². The Morgan fingerprint density at radius 1 is 0.865 bits per heavy atom. The van der Waals surface area contributed by atoms with Gasteiger partial charge in [-0.25, -0.2) is 4.79 Å². The Kier molecular flexibility index (Phi) is 11.5. The van der Waals surface area contributed by atoms with Crippen molar-refractivity contribution in [3.63, 3.8) is 0 Å². The molecular formula is C35H34ClN3O11S2. The summed E-state index contributed by atoms with van der Waals surface area (Å²) < 4.78 is 68.1. The molecule has 6 rings (SSSR count). The average molecular weight is 772 g/mol. The van der Waals surface area contributed by atoms with Gasteiger partial charge in [-0.15, -0.1) is 0 Å². The summed E-state index contributed by atoms with van der Waals surface area (Å²) in [5, 5.41) is 14.6. The Balaban J connectivity index is 0.000000244. The molecule has 52 heavy (non-hydrogen) atoms. The van der Waals surface area contributed by atoms with Crippen molar-refractivity contribution >= 4 is 65.4 Å². The van der Waals surface area contributed by atoms with Gasteiger partial charge < -0.3 is 20.1 Å². The van der Waals surface area contributed by atoms with Crippen LogP contribution in [0.2, 0.25) is 5.02 Å². The molecule has 17 heteroatoms. The SMILES string of the molecule is CC(N1CCOCC1)C(Cc1cc(=O)[nH]c2ccccc12)(NC(=O)c1ccc(Cl)cc1)C(=O)O.O=S(=O)(O)c1cccc2c(S(=O)(=O)O)cccc12. The number of amides is 1. The van der Waals surface area contributed by atoms with Gasteiger partial charge in [-0.2, -0.15) is 16.8 Å². The summed E-state index contributed by atoms with van der Waals surface area (Å²) in [6.45, 7) is 3.79. The van der Waals surface area contributed by atoms with Crippen molar-refractivity contribution in [2.75, 3.05) is 26.3 Å². The number of hydrogen-bond donors (Lipinski definition) is 5. The molecule has 1 aliphatic rings. The van der Waals surface area contributed by atoms with Gasteiger partial charge >= 0.3 is 5.97 Å². The number of halogens is 1. The number of morpholine rings is 1. The number of nitrogens with zero attached hydrogens (tertiary/aromatic N) is 1. The number of hydrogen-bond acceptors (Lipinski definition) is 9. The number of H-pyrrole nitrogens is 1. The molecule has 5 aromatic rings. The van der Waals surface area contributed by atoms with Crippen molar-refractivity contribution in [2.24, 2.45) is 0 Å². The van der Waals surface area contributed by atoms with Gasteiger partial charge in [0.25, 0.3) is 26.1 Å². The molecule has 1 fully saturated rings. The first-order valence-electron chi connectivity index (χ1n) is 15.7. The number of carbonyl (C=O) groups excluding carboxylic acids is 1. The summed E-state index contributed by atoms with van der Waals surface area (Å²) in [7, 11) is -8.94. The molecule has 0 saturated carbocycles. The Bertz CT molecular complexity index is 2340. The number of carboxylic acid groups (broad SMARTS) is 1. The van der Waals surface area contributed by atoms with Gasteiger partial charge in [0.2, 0.25) is 5.56 Å². The zero-order chi connectivity index (χ0) is 37.8. The molecule has 4 aromatic carbocycles. The summed E-state index contributed by atoms with van der Waals surface area (Å²) in [4.78, 5) is 42.6. The number of para-hydroxylation sites is 1. The summed E-state index contributed by atoms with van der Waals surface area (Å²) in [6, 6.07) is 21.8. The molecule has 274 valence electrons. The van der Waals surface area contributed by atoms with Crippen LogP contribution in [0.5, 0.6) is 0 Å². The minimum Gasteiger partial charge on any atom is -0.479 e. The first kappa shape index (κ1) is 38.5. The number of carbonyl (C=O) groups is 2. The van der Waals surface area contributed by atoms with Gasteiger partial charge in [0, 0.05) is 63.9 Å². The van der Waals surface area contributed by atoms with E-state index < -0.39 is 53.5 Å². The van der Waals surface area contributed by atoms with Crippen LogP contribution in [0, 0.1) is 0 Å². The minimum atomic E-state index is -4.47. The van der Waals surface area contributed by atoms with E-state index in [2.05, 4.69) is 10.3 Å². The van der Waals surface area contributed by atoms with Crippen LogP contribution in [-0.2, 0) is 36.2 Å². The predicted molar refractivity (Wildman–Crippen MR) is 193 cm³/mol. The molecule has 2 heterocycles. The van der Waals surface area contributed by atoms with E-state index >= 15 is 0 Å². The first-order chi connectivity index (χ1) is 24.5. The molecular weight excluding hydrogens is 738 g/mol. The smallest absolute Gasteiger partial charge is 0.331 e. The van der Waals surface area contributed by atoms with Gasteiger partial charge in [0.15, 0.2) is 5.54 Å². The van der Waals surface area contributed by atoms with Crippen LogP contribution in [0.3, 0.4) is 0 Å². The number of carboxylic acids is 1. The van der Waals surface area contributed by atoms with Gasteiger partial charge in [0.1, 0.15) is 9.79 Å². The molecule has 0 aliphatic carbocycles. The Morgan fingerprint density at radius 3 is 1.94 bits per heavy atom. The lowest BCUT2D eigenvalue weighted by molar-refractivity contribution is -0.148. The van der Waals surface area contributed by atoms with Crippen molar-refractivity contribution in [1.82, 2.24) is 15.2 Å². The lowest BCUT2D eigenvalue weighted by atomic mass is 9.82. The summed E-state index contributed by atoms with van der Waals surface area (Å²) >= 11 is 5.95. The molecule has 1 aromatic heterocycles. The third-order valence-corrected chi connectivity index (χ3v) is 10.9. The lowest BCUT2D eigenvalue weighted by Crippen LogP contribution is -2.68. The van der Waals surface area contributed by atoms with Crippen molar-refractivity contribution in [2.45, 2.75) is 34.7 Å². The van der Waals surface area contributed by atoms with E-state index in [9.17, 15) is 36.3 Å². The number of nitrogens with one attached hydrogen (secondary N) is 2. The van der Waals surface area contributed by atoms with E-state index in [4.69, 9.17) is 25.4 Å². The van der Waals surface area contributed by atoms with Gasteiger partial charge in [-0.1, -0.05) is 54.1 Å². The Labute approximate surface area is 303 Å². The quantitative estimate of drug-likeness (QED) is 0.134. The maximum Gasteiger partial charge on any atom is 0.331 e. The van der Waals surface area contributed by atoms with Crippen molar-refractivity contribution in [1.29, 1.82) is 0 Å². The minimum absolute atomic E-state index is 0.0233. The highest BCUT2D eigenvalue weighted by Crippen LogP contribution is 2.29. The predicted octanol–water partition coefficient (Wildman–Crippen LogP) is 4.03. The number of aliphatic carboxylic acids is 1. The zero-order valence-corrected chi connectivity index (χ0v) is 29.9. The molecule has 5 N–H and O–H groups in total. The highest BCUT2D eigenvalue weighted by Gasteiger charge is 2.48. The van der Waals surface area contributed by atoms with E-state index in [1.807, 2.05) is 17.0 Å². The third kappa shape index (κ3) is 8.50. The molecule has 0 radical (unpaired) electrons. The van der Waals surface area contributed by atoms with Crippen molar-refractivity contribution in [3.05, 3.63) is 117 Å². The van der Waals surface area contributed by atoms with Crippen LogP contribution in [-0.4, -0.2) is 90.7 Å².